The molecule has 0 spiro atoms. The van der Waals surface area contributed by atoms with Crippen molar-refractivity contribution in [3.63, 3.8) is 0 Å². The fourth-order valence-electron chi connectivity index (χ4n) is 8.05. The lowest BCUT2D eigenvalue weighted by Crippen LogP contribution is -2.51. The van der Waals surface area contributed by atoms with Gasteiger partial charge in [-0.05, 0) is 106 Å². The van der Waals surface area contributed by atoms with E-state index in [1.165, 1.54) is 32.1 Å². The van der Waals surface area contributed by atoms with Crippen molar-refractivity contribution in [1.82, 2.24) is 4.90 Å². The minimum atomic E-state index is -0.171. The Hall–Kier alpha value is -2.04. The summed E-state index contributed by atoms with van der Waals surface area (Å²) in [5.74, 6) is 3.33. The number of hydrogen-bond acceptors (Lipinski definition) is 3. The molecular weight excluding hydrogens is 410 g/mol. The van der Waals surface area contributed by atoms with Gasteiger partial charge < -0.3 is 15.1 Å². The second-order valence-electron chi connectivity index (χ2n) is 12.1. The summed E-state index contributed by atoms with van der Waals surface area (Å²) in [5, 5.41) is 3.29. The molecule has 2 aliphatic heterocycles. The molecule has 178 valence electrons. The molecule has 2 amide bonds. The number of rotatable bonds is 4. The lowest BCUT2D eigenvalue weighted by Gasteiger charge is -2.55. The Morgan fingerprint density at radius 1 is 0.909 bits per heavy atom. The Morgan fingerprint density at radius 2 is 1.52 bits per heavy atom. The lowest BCUT2D eigenvalue weighted by atomic mass is 9.49. The van der Waals surface area contributed by atoms with Crippen LogP contribution in [0.25, 0.3) is 0 Å². The van der Waals surface area contributed by atoms with Crippen LogP contribution in [0.2, 0.25) is 0 Å². The van der Waals surface area contributed by atoms with Gasteiger partial charge in [-0.15, -0.1) is 0 Å². The van der Waals surface area contributed by atoms with Gasteiger partial charge in [-0.25, -0.2) is 0 Å². The fraction of sp³-hybridized carbons (Fsp3) is 0.714. The second kappa shape index (κ2) is 8.32. The summed E-state index contributed by atoms with van der Waals surface area (Å²) in [7, 11) is 0. The first kappa shape index (κ1) is 21.5. The van der Waals surface area contributed by atoms with Crippen molar-refractivity contribution in [3.8, 4) is 0 Å². The molecule has 5 heteroatoms. The summed E-state index contributed by atoms with van der Waals surface area (Å²) in [5.41, 5.74) is 2.45. The van der Waals surface area contributed by atoms with Crippen molar-refractivity contribution >= 4 is 23.2 Å². The van der Waals surface area contributed by atoms with Gasteiger partial charge in [0.05, 0.1) is 11.0 Å². The van der Waals surface area contributed by atoms with Crippen molar-refractivity contribution < 1.29 is 9.59 Å². The fourth-order valence-corrected chi connectivity index (χ4v) is 8.05. The number of amides is 2. The minimum Gasteiger partial charge on any atom is -0.371 e. The third-order valence-corrected chi connectivity index (χ3v) is 9.52. The summed E-state index contributed by atoms with van der Waals surface area (Å²) in [6, 6.07) is 6.10. The van der Waals surface area contributed by atoms with E-state index >= 15 is 0 Å². The van der Waals surface area contributed by atoms with Crippen molar-refractivity contribution in [2.45, 2.75) is 71.1 Å². The van der Waals surface area contributed by atoms with Crippen molar-refractivity contribution in [2.24, 2.45) is 29.1 Å². The van der Waals surface area contributed by atoms with Crippen LogP contribution in [0.15, 0.2) is 18.2 Å². The first-order chi connectivity index (χ1) is 16.0. The molecule has 5 nitrogen and oxygen atoms in total. The Kier molecular flexibility index (Phi) is 5.42. The van der Waals surface area contributed by atoms with Gasteiger partial charge >= 0.3 is 0 Å². The number of carbonyl (C=O) groups is 2. The van der Waals surface area contributed by atoms with Crippen LogP contribution in [0.5, 0.6) is 0 Å². The van der Waals surface area contributed by atoms with Gasteiger partial charge in [-0.2, -0.15) is 0 Å². The summed E-state index contributed by atoms with van der Waals surface area (Å²) >= 11 is 0. The highest BCUT2D eigenvalue weighted by Crippen LogP contribution is 2.60. The SMILES string of the molecule is CC1CCN(c2ccc(NC(=O)C34CC5CC(CC(C5)C3)C4)cc2C(=O)N2CCCC2)CC1. The summed E-state index contributed by atoms with van der Waals surface area (Å²) in [6.45, 7) is 6.01. The molecule has 33 heavy (non-hydrogen) atoms. The zero-order chi connectivity index (χ0) is 22.6. The van der Waals surface area contributed by atoms with Crippen LogP contribution in [-0.2, 0) is 4.79 Å². The lowest BCUT2D eigenvalue weighted by molar-refractivity contribution is -0.140. The van der Waals surface area contributed by atoms with Crippen LogP contribution in [-0.4, -0.2) is 42.9 Å². The molecule has 4 saturated carbocycles. The topological polar surface area (TPSA) is 52.7 Å². The van der Waals surface area contributed by atoms with E-state index in [2.05, 4.69) is 23.2 Å². The number of benzene rings is 1. The first-order valence-electron chi connectivity index (χ1n) is 13.5. The maximum Gasteiger partial charge on any atom is 0.256 e. The molecule has 0 atom stereocenters. The molecular formula is C28H39N3O2. The predicted octanol–water partition coefficient (Wildman–Crippen LogP) is 5.31. The Bertz CT molecular complexity index is 892. The van der Waals surface area contributed by atoms with Crippen LogP contribution >= 0.6 is 0 Å². The molecule has 6 fully saturated rings. The average Bonchev–Trinajstić information content (AvgIpc) is 3.33. The number of carbonyl (C=O) groups excluding carboxylic acids is 2. The highest BCUT2D eigenvalue weighted by Gasteiger charge is 2.54. The maximum absolute atomic E-state index is 13.6. The van der Waals surface area contributed by atoms with Crippen molar-refractivity contribution in [1.29, 1.82) is 0 Å². The number of nitrogens with zero attached hydrogens (tertiary/aromatic N) is 2. The van der Waals surface area contributed by atoms with Crippen LogP contribution in [0.1, 0.15) is 81.5 Å². The summed E-state index contributed by atoms with van der Waals surface area (Å²) in [6.07, 6.45) is 11.7. The van der Waals surface area contributed by atoms with Crippen molar-refractivity contribution in [2.75, 3.05) is 36.4 Å². The van der Waals surface area contributed by atoms with E-state index in [0.29, 0.717) is 0 Å². The standard InChI is InChI=1S/C28H39N3O2/c1-19-6-10-30(11-7-19)25-5-4-23(15-24(25)26(32)31-8-2-3-9-31)29-27(33)28-16-20-12-21(17-28)14-22(13-20)18-28/h4-5,15,19-22H,2-3,6-14,16-18H2,1H3,(H,29,33). The number of anilines is 2. The van der Waals surface area contributed by atoms with E-state index < -0.39 is 0 Å². The molecule has 1 aromatic rings. The monoisotopic (exact) mass is 449 g/mol. The smallest absolute Gasteiger partial charge is 0.256 e. The number of hydrogen-bond donors (Lipinski definition) is 1. The normalized spacial score (nSPS) is 33.5. The molecule has 1 N–H and O–H groups in total. The molecule has 6 aliphatic rings. The predicted molar refractivity (Wildman–Crippen MR) is 131 cm³/mol. The van der Waals surface area contributed by atoms with E-state index in [4.69, 9.17) is 0 Å². The van der Waals surface area contributed by atoms with Gasteiger partial charge in [0.25, 0.3) is 5.91 Å². The van der Waals surface area contributed by atoms with E-state index in [1.54, 1.807) is 0 Å². The third-order valence-electron chi connectivity index (χ3n) is 9.52. The quantitative estimate of drug-likeness (QED) is 0.677. The van der Waals surface area contributed by atoms with E-state index in [9.17, 15) is 9.59 Å². The number of likely N-dealkylation sites (tertiary alicyclic amines) is 1. The van der Waals surface area contributed by atoms with Crippen LogP contribution in [0.4, 0.5) is 11.4 Å². The van der Waals surface area contributed by atoms with E-state index in [1.807, 2.05) is 17.0 Å². The van der Waals surface area contributed by atoms with Gasteiger partial charge in [0.2, 0.25) is 5.91 Å². The Morgan fingerprint density at radius 3 is 2.12 bits per heavy atom. The van der Waals surface area contributed by atoms with Crippen LogP contribution in [0.3, 0.4) is 0 Å². The maximum atomic E-state index is 13.6. The van der Waals surface area contributed by atoms with Gasteiger partial charge in [0, 0.05) is 37.6 Å². The molecule has 0 radical (unpaired) electrons. The zero-order valence-electron chi connectivity index (χ0n) is 20.2. The van der Waals surface area contributed by atoms with E-state index in [-0.39, 0.29) is 17.2 Å². The molecule has 4 aliphatic carbocycles. The second-order valence-corrected chi connectivity index (χ2v) is 12.1. The molecule has 4 bridgehead atoms. The largest absolute Gasteiger partial charge is 0.371 e. The molecule has 2 saturated heterocycles. The first-order valence-corrected chi connectivity index (χ1v) is 13.5. The minimum absolute atomic E-state index is 0.132. The molecule has 0 unspecified atom stereocenters. The third kappa shape index (κ3) is 3.95. The van der Waals surface area contributed by atoms with Gasteiger partial charge in [-0.1, -0.05) is 6.92 Å². The average molecular weight is 450 g/mol. The number of nitrogens with one attached hydrogen (secondary N) is 1. The van der Waals surface area contributed by atoms with Gasteiger partial charge in [0.15, 0.2) is 0 Å². The Balaban J connectivity index is 1.26. The molecule has 2 heterocycles. The van der Waals surface area contributed by atoms with Crippen LogP contribution in [0, 0.1) is 29.1 Å². The molecule has 1 aromatic carbocycles. The van der Waals surface area contributed by atoms with Gasteiger partial charge in [-0.3, -0.25) is 9.59 Å². The highest BCUT2D eigenvalue weighted by molar-refractivity contribution is 6.03. The summed E-state index contributed by atoms with van der Waals surface area (Å²) in [4.78, 5) is 31.5. The number of piperidine rings is 1. The van der Waals surface area contributed by atoms with E-state index in [0.717, 1.165) is 98.9 Å². The van der Waals surface area contributed by atoms with Crippen LogP contribution < -0.4 is 10.2 Å². The van der Waals surface area contributed by atoms with Crippen molar-refractivity contribution in [3.05, 3.63) is 23.8 Å². The Labute approximate surface area is 198 Å². The van der Waals surface area contributed by atoms with Gasteiger partial charge in [0.1, 0.15) is 0 Å². The zero-order valence-corrected chi connectivity index (χ0v) is 20.2. The molecule has 0 aromatic heterocycles. The molecule has 7 rings (SSSR count). The highest BCUT2D eigenvalue weighted by atomic mass is 16.2. The summed E-state index contributed by atoms with van der Waals surface area (Å²) < 4.78 is 0.